The number of alkyl halides is 2. The lowest BCUT2D eigenvalue weighted by atomic mass is 10.0. The van der Waals surface area contributed by atoms with Gasteiger partial charge >= 0.3 is 0 Å². The quantitative estimate of drug-likeness (QED) is 0.858. The molecule has 0 radical (unpaired) electrons. The minimum absolute atomic E-state index is 0.0987. The average Bonchev–Trinajstić information content (AvgIpc) is 2.47. The Bertz CT molecular complexity index is 384. The van der Waals surface area contributed by atoms with Crippen LogP contribution in [0.5, 0.6) is 0 Å². The van der Waals surface area contributed by atoms with E-state index in [4.69, 9.17) is 0 Å². The molecule has 0 saturated carbocycles. The Kier molecular flexibility index (Phi) is 5.92. The molecule has 1 aliphatic rings. The zero-order valence-corrected chi connectivity index (χ0v) is 12.1. The van der Waals surface area contributed by atoms with Crippen molar-refractivity contribution in [1.82, 2.24) is 10.2 Å². The van der Waals surface area contributed by atoms with Crippen LogP contribution < -0.4 is 5.32 Å². The molecule has 2 rings (SSSR count). The number of nitrogens with one attached hydrogen (secondary N) is 1. The second-order valence-corrected chi connectivity index (χ2v) is 5.54. The van der Waals surface area contributed by atoms with Gasteiger partial charge in [-0.25, -0.2) is 8.78 Å². The highest BCUT2D eigenvalue weighted by Crippen LogP contribution is 2.19. The van der Waals surface area contributed by atoms with E-state index in [1.54, 1.807) is 12.1 Å². The Morgan fingerprint density at radius 2 is 1.85 bits per heavy atom. The number of likely N-dealkylation sites (tertiary alicyclic amines) is 1. The highest BCUT2D eigenvalue weighted by atomic mass is 19.3. The van der Waals surface area contributed by atoms with Crippen molar-refractivity contribution in [2.75, 3.05) is 19.6 Å². The summed E-state index contributed by atoms with van der Waals surface area (Å²) in [4.78, 5) is 2.51. The molecular weight excluding hydrogens is 258 g/mol. The highest BCUT2D eigenvalue weighted by molar-refractivity contribution is 5.23. The second-order valence-electron chi connectivity index (χ2n) is 5.54. The molecule has 0 bridgehead atoms. The molecular formula is C16H24F2N2. The molecule has 1 N–H and O–H groups in total. The molecule has 0 amide bonds. The maximum absolute atomic E-state index is 12.5. The summed E-state index contributed by atoms with van der Waals surface area (Å²) < 4.78 is 24.9. The van der Waals surface area contributed by atoms with Gasteiger partial charge in [0.25, 0.3) is 6.43 Å². The molecule has 1 aromatic carbocycles. The Morgan fingerprint density at radius 1 is 1.20 bits per heavy atom. The monoisotopic (exact) mass is 282 g/mol. The lowest BCUT2D eigenvalue weighted by molar-refractivity contribution is 0.151. The van der Waals surface area contributed by atoms with Gasteiger partial charge in [-0.3, -0.25) is 0 Å². The number of benzene rings is 1. The summed E-state index contributed by atoms with van der Waals surface area (Å²) in [5.74, 6) is 0. The van der Waals surface area contributed by atoms with Gasteiger partial charge in [-0.05, 0) is 44.5 Å². The summed E-state index contributed by atoms with van der Waals surface area (Å²) in [6.45, 7) is 6.50. The summed E-state index contributed by atoms with van der Waals surface area (Å²) in [6.07, 6.45) is 1.19. The van der Waals surface area contributed by atoms with E-state index in [9.17, 15) is 8.78 Å². The van der Waals surface area contributed by atoms with E-state index < -0.39 is 6.43 Å². The molecule has 0 aliphatic carbocycles. The van der Waals surface area contributed by atoms with Crippen LogP contribution in [0.2, 0.25) is 0 Å². The van der Waals surface area contributed by atoms with E-state index in [0.717, 1.165) is 25.2 Å². The molecule has 0 aromatic heterocycles. The van der Waals surface area contributed by atoms with Gasteiger partial charge in [0.2, 0.25) is 0 Å². The number of rotatable bonds is 6. The molecule has 1 heterocycles. The van der Waals surface area contributed by atoms with Gasteiger partial charge in [0.15, 0.2) is 0 Å². The first-order chi connectivity index (χ1) is 9.69. The number of halogens is 2. The standard InChI is InChI=1S/C16H24F2N2/c1-2-9-20-10-7-15(8-11-20)19-12-13-3-5-14(6-4-13)16(17)18/h3-6,15-16,19H,2,7-12H2,1H3. The Morgan fingerprint density at radius 3 is 2.40 bits per heavy atom. The molecule has 112 valence electrons. The summed E-state index contributed by atoms with van der Waals surface area (Å²) in [6, 6.07) is 7.18. The van der Waals surface area contributed by atoms with Gasteiger partial charge in [0.05, 0.1) is 0 Å². The maximum Gasteiger partial charge on any atom is 0.263 e. The second kappa shape index (κ2) is 7.70. The van der Waals surface area contributed by atoms with E-state index in [0.29, 0.717) is 6.04 Å². The van der Waals surface area contributed by atoms with Crippen LogP contribution in [0.15, 0.2) is 24.3 Å². The molecule has 0 atom stereocenters. The van der Waals surface area contributed by atoms with Gasteiger partial charge < -0.3 is 10.2 Å². The van der Waals surface area contributed by atoms with Gasteiger partial charge in [-0.2, -0.15) is 0 Å². The molecule has 2 nitrogen and oxygen atoms in total. The first-order valence-electron chi connectivity index (χ1n) is 7.51. The van der Waals surface area contributed by atoms with Crippen LogP contribution in [0.1, 0.15) is 43.7 Å². The Labute approximate surface area is 120 Å². The molecule has 1 aliphatic heterocycles. The first-order valence-corrected chi connectivity index (χ1v) is 7.51. The third-order valence-electron chi connectivity index (χ3n) is 3.95. The fourth-order valence-electron chi connectivity index (χ4n) is 2.72. The maximum atomic E-state index is 12.5. The van der Waals surface area contributed by atoms with E-state index in [1.807, 2.05) is 0 Å². The molecule has 1 aromatic rings. The normalized spacial score (nSPS) is 17.8. The predicted octanol–water partition coefficient (Wildman–Crippen LogP) is 3.59. The van der Waals surface area contributed by atoms with Crippen molar-refractivity contribution < 1.29 is 8.78 Å². The highest BCUT2D eigenvalue weighted by Gasteiger charge is 2.17. The van der Waals surface area contributed by atoms with Crippen molar-refractivity contribution in [3.63, 3.8) is 0 Å². The zero-order valence-electron chi connectivity index (χ0n) is 12.1. The first kappa shape index (κ1) is 15.4. The van der Waals surface area contributed by atoms with Gasteiger partial charge in [-0.1, -0.05) is 31.2 Å². The van der Waals surface area contributed by atoms with Crippen LogP contribution in [0, 0.1) is 0 Å². The smallest absolute Gasteiger partial charge is 0.263 e. The third-order valence-corrected chi connectivity index (χ3v) is 3.95. The average molecular weight is 282 g/mol. The van der Waals surface area contributed by atoms with Crippen LogP contribution in [0.3, 0.4) is 0 Å². The predicted molar refractivity (Wildman–Crippen MR) is 78.0 cm³/mol. The van der Waals surface area contributed by atoms with Crippen LogP contribution in [-0.2, 0) is 6.54 Å². The molecule has 20 heavy (non-hydrogen) atoms. The summed E-state index contributed by atoms with van der Waals surface area (Å²) >= 11 is 0. The SMILES string of the molecule is CCCN1CCC(NCc2ccc(C(F)F)cc2)CC1. The minimum atomic E-state index is -2.38. The van der Waals surface area contributed by atoms with Gasteiger partial charge in [-0.15, -0.1) is 0 Å². The van der Waals surface area contributed by atoms with Crippen LogP contribution in [0.25, 0.3) is 0 Å². The van der Waals surface area contributed by atoms with Crippen LogP contribution in [0.4, 0.5) is 8.78 Å². The molecule has 0 unspecified atom stereocenters. The largest absolute Gasteiger partial charge is 0.310 e. The number of hydrogen-bond donors (Lipinski definition) is 1. The summed E-state index contributed by atoms with van der Waals surface area (Å²) in [5, 5.41) is 3.54. The fourth-order valence-corrected chi connectivity index (χ4v) is 2.72. The minimum Gasteiger partial charge on any atom is -0.310 e. The molecule has 1 saturated heterocycles. The lowest BCUT2D eigenvalue weighted by Gasteiger charge is -2.32. The third kappa shape index (κ3) is 4.53. The van der Waals surface area contributed by atoms with Crippen LogP contribution in [-0.4, -0.2) is 30.6 Å². The van der Waals surface area contributed by atoms with Gasteiger partial charge in [0.1, 0.15) is 0 Å². The fraction of sp³-hybridized carbons (Fsp3) is 0.625. The summed E-state index contributed by atoms with van der Waals surface area (Å²) in [7, 11) is 0. The topological polar surface area (TPSA) is 15.3 Å². The van der Waals surface area contributed by atoms with Crippen molar-refractivity contribution in [3.05, 3.63) is 35.4 Å². The Balaban J connectivity index is 1.73. The number of hydrogen-bond acceptors (Lipinski definition) is 2. The number of piperidine rings is 1. The van der Waals surface area contributed by atoms with E-state index in [1.165, 1.54) is 37.9 Å². The van der Waals surface area contributed by atoms with Crippen molar-refractivity contribution in [3.8, 4) is 0 Å². The molecule has 4 heteroatoms. The lowest BCUT2D eigenvalue weighted by Crippen LogP contribution is -2.42. The van der Waals surface area contributed by atoms with Crippen molar-refractivity contribution in [1.29, 1.82) is 0 Å². The molecule has 0 spiro atoms. The van der Waals surface area contributed by atoms with Crippen molar-refractivity contribution in [2.24, 2.45) is 0 Å². The summed E-state index contributed by atoms with van der Waals surface area (Å²) in [5.41, 5.74) is 1.17. The van der Waals surface area contributed by atoms with Gasteiger partial charge in [0, 0.05) is 18.2 Å². The van der Waals surface area contributed by atoms with Crippen LogP contribution >= 0.6 is 0 Å². The Hall–Kier alpha value is -1.00. The number of nitrogens with zero attached hydrogens (tertiary/aromatic N) is 1. The van der Waals surface area contributed by atoms with Crippen molar-refractivity contribution >= 4 is 0 Å². The van der Waals surface area contributed by atoms with E-state index in [2.05, 4.69) is 17.1 Å². The molecule has 1 fully saturated rings. The van der Waals surface area contributed by atoms with E-state index in [-0.39, 0.29) is 5.56 Å². The van der Waals surface area contributed by atoms with Crippen molar-refractivity contribution in [2.45, 2.75) is 45.2 Å². The zero-order chi connectivity index (χ0) is 14.4. The van der Waals surface area contributed by atoms with E-state index >= 15 is 0 Å².